The summed E-state index contributed by atoms with van der Waals surface area (Å²) in [6, 6.07) is 0. The molecule has 68 heavy (non-hydrogen) atoms. The fourth-order valence-electron chi connectivity index (χ4n) is 7.05. The summed E-state index contributed by atoms with van der Waals surface area (Å²) in [6.07, 6.45) is 54.6. The van der Waals surface area contributed by atoms with Crippen LogP contribution >= 0.6 is 7.82 Å². The van der Waals surface area contributed by atoms with Gasteiger partial charge in [-0.3, -0.25) is 23.4 Å². The third kappa shape index (κ3) is 48.0. The predicted molar refractivity (Wildman–Crippen MR) is 279 cm³/mol. The van der Waals surface area contributed by atoms with E-state index in [-0.39, 0.29) is 25.9 Å². The minimum absolute atomic E-state index is 0.0542. The Hall–Kier alpha value is -3.08. The fraction of sp³-hybridized carbons (Fsp3) is 0.732. The van der Waals surface area contributed by atoms with Crippen molar-refractivity contribution in [2.24, 2.45) is 0 Å². The summed E-state index contributed by atoms with van der Waals surface area (Å²) in [5.74, 6) is -1.56. The first-order chi connectivity index (χ1) is 33.2. The molecule has 0 bridgehead atoms. The van der Waals surface area contributed by atoms with Crippen LogP contribution in [-0.4, -0.2) is 66.5 Å². The number of aliphatic hydroxyl groups excluding tert-OH is 1. The van der Waals surface area contributed by atoms with Crippen molar-refractivity contribution in [1.82, 2.24) is 0 Å². The summed E-state index contributed by atoms with van der Waals surface area (Å²) in [7, 11) is -4.76. The van der Waals surface area contributed by atoms with E-state index in [2.05, 4.69) is 81.5 Å². The molecular formula is C56H97O11P. The zero-order chi connectivity index (χ0) is 49.9. The van der Waals surface area contributed by atoms with Gasteiger partial charge in [0.25, 0.3) is 0 Å². The van der Waals surface area contributed by atoms with Gasteiger partial charge in [-0.2, -0.15) is 0 Å². The molecule has 11 nitrogen and oxygen atoms in total. The molecule has 2 N–H and O–H groups in total. The van der Waals surface area contributed by atoms with Gasteiger partial charge in [-0.1, -0.05) is 209 Å². The van der Waals surface area contributed by atoms with E-state index < -0.39 is 57.8 Å². The van der Waals surface area contributed by atoms with E-state index >= 15 is 0 Å². The second-order valence-corrected chi connectivity index (χ2v) is 19.1. The van der Waals surface area contributed by atoms with Gasteiger partial charge in [-0.15, -0.1) is 0 Å². The van der Waals surface area contributed by atoms with E-state index in [1.54, 1.807) is 0 Å². The lowest BCUT2D eigenvalue weighted by Crippen LogP contribution is -2.30. The van der Waals surface area contributed by atoms with Crippen molar-refractivity contribution in [3.05, 3.63) is 72.9 Å². The Bertz CT molecular complexity index is 1420. The first-order valence-electron chi connectivity index (χ1n) is 26.8. The molecule has 0 spiro atoms. The van der Waals surface area contributed by atoms with E-state index in [9.17, 15) is 28.9 Å². The van der Waals surface area contributed by atoms with Crippen molar-refractivity contribution >= 4 is 25.7 Å². The van der Waals surface area contributed by atoms with Gasteiger partial charge in [0.15, 0.2) is 6.10 Å². The van der Waals surface area contributed by atoms with Crippen LogP contribution in [0, 0.1) is 0 Å². The molecular weight excluding hydrogens is 880 g/mol. The largest absolute Gasteiger partial charge is 0.472 e. The number of carbonyl (C=O) groups excluding carboxylic acids is 3. The van der Waals surface area contributed by atoms with Crippen LogP contribution in [0.3, 0.4) is 0 Å². The number of esters is 3. The Morgan fingerprint density at radius 2 is 0.824 bits per heavy atom. The molecule has 0 saturated carbocycles. The molecule has 0 saturated heterocycles. The Balaban J connectivity index is 4.80. The quantitative estimate of drug-likeness (QED) is 0.0197. The second-order valence-electron chi connectivity index (χ2n) is 17.7. The number of allylic oxidation sites excluding steroid dienone is 12. The smallest absolute Gasteiger partial charge is 0.462 e. The van der Waals surface area contributed by atoms with Gasteiger partial charge >= 0.3 is 25.7 Å². The normalized spacial score (nSPS) is 14.0. The molecule has 392 valence electrons. The number of aliphatic hydroxyl groups is 1. The van der Waals surface area contributed by atoms with Gasteiger partial charge in [0.2, 0.25) is 0 Å². The number of rotatable bonds is 49. The minimum Gasteiger partial charge on any atom is -0.462 e. The van der Waals surface area contributed by atoms with Gasteiger partial charge in [0.05, 0.1) is 19.8 Å². The maximum atomic E-state index is 12.9. The number of phosphoric ester groups is 1. The van der Waals surface area contributed by atoms with E-state index in [4.69, 9.17) is 23.3 Å². The number of phosphoric acid groups is 1. The van der Waals surface area contributed by atoms with E-state index in [1.807, 2.05) is 12.2 Å². The Morgan fingerprint density at radius 3 is 1.32 bits per heavy atom. The molecule has 3 atom stereocenters. The van der Waals surface area contributed by atoms with Crippen LogP contribution in [-0.2, 0) is 42.2 Å². The van der Waals surface area contributed by atoms with Crippen LogP contribution in [0.25, 0.3) is 0 Å². The first-order valence-corrected chi connectivity index (χ1v) is 28.3. The molecule has 0 aromatic heterocycles. The molecule has 0 aromatic rings. The molecule has 0 heterocycles. The topological polar surface area (TPSA) is 155 Å². The van der Waals surface area contributed by atoms with E-state index in [0.29, 0.717) is 19.3 Å². The van der Waals surface area contributed by atoms with Gasteiger partial charge in [0, 0.05) is 19.3 Å². The van der Waals surface area contributed by atoms with Crippen molar-refractivity contribution < 1.29 is 52.2 Å². The van der Waals surface area contributed by atoms with Crippen molar-refractivity contribution in [2.45, 2.75) is 238 Å². The maximum Gasteiger partial charge on any atom is 0.472 e. The first kappa shape index (κ1) is 64.9. The van der Waals surface area contributed by atoms with Gasteiger partial charge in [-0.25, -0.2) is 4.57 Å². The van der Waals surface area contributed by atoms with Crippen LogP contribution in [0.15, 0.2) is 72.9 Å². The van der Waals surface area contributed by atoms with Crippen LogP contribution in [0.5, 0.6) is 0 Å². The highest BCUT2D eigenvalue weighted by atomic mass is 31.2. The summed E-state index contributed by atoms with van der Waals surface area (Å²) in [6.45, 7) is 4.36. The summed E-state index contributed by atoms with van der Waals surface area (Å²) >= 11 is 0. The maximum absolute atomic E-state index is 12.9. The van der Waals surface area contributed by atoms with Gasteiger partial charge < -0.3 is 24.2 Å². The molecule has 0 aliphatic rings. The summed E-state index contributed by atoms with van der Waals surface area (Å²) < 4.78 is 39.3. The zero-order valence-corrected chi connectivity index (χ0v) is 43.9. The Morgan fingerprint density at radius 1 is 0.426 bits per heavy atom. The minimum atomic E-state index is -4.76. The predicted octanol–water partition coefficient (Wildman–Crippen LogP) is 15.4. The average molecular weight is 977 g/mol. The summed E-state index contributed by atoms with van der Waals surface area (Å²) in [5, 5.41) is 9.76. The van der Waals surface area contributed by atoms with E-state index in [1.165, 1.54) is 77.0 Å². The third-order valence-corrected chi connectivity index (χ3v) is 12.1. The monoisotopic (exact) mass is 977 g/mol. The Labute approximate surface area is 414 Å². The molecule has 12 heteroatoms. The van der Waals surface area contributed by atoms with Crippen molar-refractivity contribution in [2.75, 3.05) is 26.4 Å². The fourth-order valence-corrected chi connectivity index (χ4v) is 7.84. The molecule has 0 aliphatic heterocycles. The number of unbranched alkanes of at least 4 members (excludes halogenated alkanes) is 20. The number of hydrogen-bond acceptors (Lipinski definition) is 10. The van der Waals surface area contributed by atoms with Crippen LogP contribution in [0.4, 0.5) is 0 Å². The number of carbonyl (C=O) groups is 3. The average Bonchev–Trinajstić information content (AvgIpc) is 3.32. The lowest BCUT2D eigenvalue weighted by molar-refractivity contribution is -0.161. The molecule has 0 aliphatic carbocycles. The third-order valence-electron chi connectivity index (χ3n) is 11.1. The molecule has 0 fully saturated rings. The molecule has 0 amide bonds. The highest BCUT2D eigenvalue weighted by molar-refractivity contribution is 7.47. The lowest BCUT2D eigenvalue weighted by Gasteiger charge is -2.21. The van der Waals surface area contributed by atoms with Crippen molar-refractivity contribution in [1.29, 1.82) is 0 Å². The summed E-state index contributed by atoms with van der Waals surface area (Å²) in [4.78, 5) is 48.3. The van der Waals surface area contributed by atoms with Crippen molar-refractivity contribution in [3.63, 3.8) is 0 Å². The van der Waals surface area contributed by atoms with Gasteiger partial charge in [0.1, 0.15) is 12.7 Å². The zero-order valence-electron chi connectivity index (χ0n) is 43.1. The molecule has 0 radical (unpaired) electrons. The lowest BCUT2D eigenvalue weighted by atomic mass is 10.0. The van der Waals surface area contributed by atoms with Crippen LogP contribution in [0.1, 0.15) is 226 Å². The number of hydrogen-bond donors (Lipinski definition) is 2. The van der Waals surface area contributed by atoms with E-state index in [0.717, 1.165) is 89.9 Å². The molecule has 3 unspecified atom stereocenters. The molecule has 0 rings (SSSR count). The van der Waals surface area contributed by atoms with Crippen molar-refractivity contribution in [3.8, 4) is 0 Å². The van der Waals surface area contributed by atoms with Gasteiger partial charge in [-0.05, 0) is 70.6 Å². The highest BCUT2D eigenvalue weighted by Gasteiger charge is 2.28. The standard InChI is InChI=1S/C56H97O11P/c1-4-7-10-13-16-19-22-25-26-29-32-35-38-41-44-47-56(60)67-53(49-63-54(58)45-42-39-36-33-30-27-23-20-17-14-11-8-5-2)51-65-68(61,62)64-50-52(48-57)66-55(59)46-43-40-37-34-31-28-24-21-18-15-12-9-6-3/h9,11-12,14,18,20-21,23,28,31,37,40,52-53,57H,4-8,10,13,15-17,19,22,24-27,29-30,32-36,38-39,41-51H2,1-3H3,(H,61,62)/b12-9-,14-11-,21-18-,23-20-,31-28-,40-37-. The van der Waals surface area contributed by atoms with Crippen LogP contribution in [0.2, 0.25) is 0 Å². The number of ether oxygens (including phenoxy) is 3. The summed E-state index contributed by atoms with van der Waals surface area (Å²) in [5.41, 5.74) is 0. The highest BCUT2D eigenvalue weighted by Crippen LogP contribution is 2.43. The second kappa shape index (κ2) is 50.3. The van der Waals surface area contributed by atoms with Crippen LogP contribution < -0.4 is 0 Å². The SMILES string of the molecule is CC/C=C\C/C=C\C/C=C\C/C=C\CCC(=O)OC(CO)COP(=O)(O)OCC(COC(=O)CCCCCCC/C=C\C/C=C\CCC)OC(=O)CCCCCCCCCCCCCCCCC. The molecule has 0 aromatic carbocycles. The Kier molecular flexibility index (Phi) is 48.0.